The molecule has 8 heteroatoms. The number of piperidine rings is 1. The van der Waals surface area contributed by atoms with E-state index in [4.69, 9.17) is 14.8 Å². The summed E-state index contributed by atoms with van der Waals surface area (Å²) >= 11 is 0. The summed E-state index contributed by atoms with van der Waals surface area (Å²) in [6.07, 6.45) is 8.74. The van der Waals surface area contributed by atoms with Gasteiger partial charge in [0.25, 0.3) is 0 Å². The summed E-state index contributed by atoms with van der Waals surface area (Å²) in [5.41, 5.74) is 2.29. The van der Waals surface area contributed by atoms with E-state index in [9.17, 15) is 9.18 Å². The van der Waals surface area contributed by atoms with E-state index in [2.05, 4.69) is 14.9 Å². The van der Waals surface area contributed by atoms with Crippen LogP contribution in [-0.2, 0) is 9.53 Å². The second-order valence-corrected chi connectivity index (χ2v) is 10.1. The van der Waals surface area contributed by atoms with Crippen molar-refractivity contribution in [2.45, 2.75) is 63.2 Å². The molecule has 0 amide bonds. The Bertz CT molecular complexity index is 1190. The van der Waals surface area contributed by atoms with E-state index >= 15 is 0 Å². The van der Waals surface area contributed by atoms with Gasteiger partial charge in [0, 0.05) is 42.8 Å². The number of hydrogen-bond donors (Lipinski definition) is 2. The summed E-state index contributed by atoms with van der Waals surface area (Å²) in [5.74, 6) is 1.51. The van der Waals surface area contributed by atoms with Crippen molar-refractivity contribution >= 4 is 22.8 Å². The normalized spacial score (nSPS) is 28.6. The molecule has 3 fully saturated rings. The number of benzene rings is 1. The number of aromatic nitrogens is 3. The van der Waals surface area contributed by atoms with Crippen LogP contribution in [0.3, 0.4) is 0 Å². The van der Waals surface area contributed by atoms with Crippen LogP contribution in [0.4, 0.5) is 10.2 Å². The van der Waals surface area contributed by atoms with Crippen LogP contribution in [0.25, 0.3) is 22.4 Å². The van der Waals surface area contributed by atoms with Gasteiger partial charge in [0.2, 0.25) is 0 Å². The van der Waals surface area contributed by atoms with E-state index in [1.165, 1.54) is 12.1 Å². The average Bonchev–Trinajstić information content (AvgIpc) is 3.54. The maximum absolute atomic E-state index is 13.5. The number of nitrogens with zero attached hydrogens (tertiary/aromatic N) is 3. The summed E-state index contributed by atoms with van der Waals surface area (Å²) in [6.45, 7) is 0.958. The van der Waals surface area contributed by atoms with Crippen molar-refractivity contribution in [3.05, 3.63) is 42.3 Å². The number of carboxylic acids is 1. The van der Waals surface area contributed by atoms with Crippen molar-refractivity contribution in [2.75, 3.05) is 11.4 Å². The molecule has 3 aliphatic rings. The van der Waals surface area contributed by atoms with Crippen LogP contribution in [-0.4, -0.2) is 50.8 Å². The number of imidazole rings is 1. The number of rotatable bonds is 6. The molecule has 178 valence electrons. The Balaban J connectivity index is 1.06. The highest BCUT2D eigenvalue weighted by atomic mass is 19.1. The van der Waals surface area contributed by atoms with Crippen molar-refractivity contribution in [1.29, 1.82) is 0 Å². The lowest BCUT2D eigenvalue weighted by molar-refractivity contribution is -0.138. The number of carboxylic acid groups (broad SMARTS) is 1. The maximum atomic E-state index is 13.5. The van der Waals surface area contributed by atoms with E-state index < -0.39 is 5.97 Å². The average molecular weight is 465 g/mol. The number of ether oxygens (including phenoxy) is 1. The summed E-state index contributed by atoms with van der Waals surface area (Å²) in [6, 6.07) is 9.07. The lowest BCUT2D eigenvalue weighted by atomic mass is 9.85. The second kappa shape index (κ2) is 8.65. The number of anilines is 1. The van der Waals surface area contributed by atoms with Gasteiger partial charge >= 0.3 is 5.97 Å². The minimum atomic E-state index is -0.688. The molecule has 2 bridgehead atoms. The number of H-pyrrole nitrogens is 1. The largest absolute Gasteiger partial charge is 0.481 e. The van der Waals surface area contributed by atoms with Crippen LogP contribution in [0.1, 0.15) is 44.9 Å². The molecule has 1 aromatic carbocycles. The molecule has 3 aromatic rings. The molecule has 0 spiro atoms. The Hall–Kier alpha value is -3.00. The Morgan fingerprint density at radius 3 is 2.74 bits per heavy atom. The molecular weight excluding hydrogens is 435 g/mol. The Kier molecular flexibility index (Phi) is 5.48. The Morgan fingerprint density at radius 2 is 2.03 bits per heavy atom. The fraction of sp³-hybridized carbons (Fsp3) is 0.500. The maximum Gasteiger partial charge on any atom is 0.303 e. The molecule has 2 aliphatic carbocycles. The number of halogens is 1. The van der Waals surface area contributed by atoms with Crippen LogP contribution < -0.4 is 4.90 Å². The Morgan fingerprint density at radius 1 is 1.18 bits per heavy atom. The molecule has 2 saturated carbocycles. The van der Waals surface area contributed by atoms with Crippen LogP contribution in [0.2, 0.25) is 0 Å². The first-order valence-electron chi connectivity index (χ1n) is 12.3. The van der Waals surface area contributed by atoms with Crippen molar-refractivity contribution in [1.82, 2.24) is 15.0 Å². The fourth-order valence-electron chi connectivity index (χ4n) is 6.13. The van der Waals surface area contributed by atoms with Crippen molar-refractivity contribution in [3.8, 4) is 11.4 Å². The van der Waals surface area contributed by atoms with Gasteiger partial charge in [-0.25, -0.2) is 14.4 Å². The molecule has 34 heavy (non-hydrogen) atoms. The minimum absolute atomic E-state index is 0.275. The highest BCUT2D eigenvalue weighted by Gasteiger charge is 2.46. The minimum Gasteiger partial charge on any atom is -0.481 e. The first kappa shape index (κ1) is 21.5. The molecule has 1 saturated heterocycles. The lowest BCUT2D eigenvalue weighted by Crippen LogP contribution is -2.40. The van der Waals surface area contributed by atoms with Gasteiger partial charge in [-0.2, -0.15) is 0 Å². The standard InChI is InChI=1S/C26H29FN4O3/c27-18-4-7-21-22(11-18)30-26(29-21)16-3-8-24(28-13-16)31-14-17-10-19(31)12-23(17)34-20-5-1-15(2-6-20)9-25(32)33/h3-4,7-8,11,13,15,17,19-20,23H,1-2,5-6,9-10,12,14H2,(H,29,30)(H,32,33)/t15-,17?,19?,20+,23?. The highest BCUT2D eigenvalue weighted by Crippen LogP contribution is 2.43. The van der Waals surface area contributed by atoms with Gasteiger partial charge in [-0.05, 0) is 68.7 Å². The number of pyridine rings is 1. The lowest BCUT2D eigenvalue weighted by Gasteiger charge is -2.36. The van der Waals surface area contributed by atoms with Gasteiger partial charge in [0.1, 0.15) is 17.5 Å². The van der Waals surface area contributed by atoms with Crippen molar-refractivity contribution in [2.24, 2.45) is 11.8 Å². The van der Waals surface area contributed by atoms with Crippen LogP contribution in [0.15, 0.2) is 36.5 Å². The van der Waals surface area contributed by atoms with Gasteiger partial charge in [0.15, 0.2) is 0 Å². The Labute approximate surface area is 197 Å². The SMILES string of the molecule is O=C(O)C[C@H]1CC[C@@H](OC2CC3CC2CN3c2ccc(-c3nc4cc(F)ccc4[nH]3)cn2)CC1. The first-order chi connectivity index (χ1) is 16.5. The number of aromatic amines is 1. The van der Waals surface area contributed by atoms with Crippen molar-refractivity contribution < 1.29 is 19.0 Å². The van der Waals surface area contributed by atoms with Crippen LogP contribution >= 0.6 is 0 Å². The summed E-state index contributed by atoms with van der Waals surface area (Å²) in [7, 11) is 0. The predicted molar refractivity (Wildman–Crippen MR) is 126 cm³/mol. The van der Waals surface area contributed by atoms with Gasteiger partial charge in [0.05, 0.1) is 23.2 Å². The molecule has 3 atom stereocenters. The molecule has 6 rings (SSSR count). The molecule has 2 N–H and O–H groups in total. The molecule has 2 aromatic heterocycles. The fourth-order valence-corrected chi connectivity index (χ4v) is 6.13. The number of carbonyl (C=O) groups is 1. The summed E-state index contributed by atoms with van der Waals surface area (Å²) in [5, 5.41) is 9.01. The zero-order chi connectivity index (χ0) is 23.2. The number of aliphatic carboxylic acids is 1. The number of nitrogens with one attached hydrogen (secondary N) is 1. The van der Waals surface area contributed by atoms with E-state index in [0.717, 1.165) is 62.0 Å². The van der Waals surface area contributed by atoms with Gasteiger partial charge in [-0.1, -0.05) is 0 Å². The quantitative estimate of drug-likeness (QED) is 0.546. The molecule has 3 heterocycles. The monoisotopic (exact) mass is 464 g/mol. The van der Waals surface area contributed by atoms with E-state index in [1.54, 1.807) is 6.07 Å². The highest BCUT2D eigenvalue weighted by molar-refractivity contribution is 5.79. The van der Waals surface area contributed by atoms with E-state index in [1.807, 2.05) is 18.3 Å². The molecular formula is C26H29FN4O3. The number of hydrogen-bond acceptors (Lipinski definition) is 5. The van der Waals surface area contributed by atoms with Gasteiger partial charge in [-0.3, -0.25) is 4.79 Å². The zero-order valence-corrected chi connectivity index (χ0v) is 19.0. The first-order valence-corrected chi connectivity index (χ1v) is 12.3. The topological polar surface area (TPSA) is 91.3 Å². The third-order valence-corrected chi connectivity index (χ3v) is 7.86. The van der Waals surface area contributed by atoms with Crippen LogP contribution in [0.5, 0.6) is 0 Å². The van der Waals surface area contributed by atoms with Gasteiger partial charge in [-0.15, -0.1) is 0 Å². The number of fused-ring (bicyclic) bond motifs is 3. The molecule has 0 radical (unpaired) electrons. The van der Waals surface area contributed by atoms with Crippen molar-refractivity contribution in [3.63, 3.8) is 0 Å². The smallest absolute Gasteiger partial charge is 0.303 e. The molecule has 3 unspecified atom stereocenters. The predicted octanol–water partition coefficient (Wildman–Crippen LogP) is 4.78. The summed E-state index contributed by atoms with van der Waals surface area (Å²) < 4.78 is 20.0. The third-order valence-electron chi connectivity index (χ3n) is 7.86. The van der Waals surface area contributed by atoms with E-state index in [-0.39, 0.29) is 18.3 Å². The zero-order valence-electron chi connectivity index (χ0n) is 19.0. The van der Waals surface area contributed by atoms with Crippen LogP contribution in [0, 0.1) is 17.7 Å². The molecule has 7 nitrogen and oxygen atoms in total. The van der Waals surface area contributed by atoms with Gasteiger partial charge < -0.3 is 19.7 Å². The third kappa shape index (κ3) is 4.15. The second-order valence-electron chi connectivity index (χ2n) is 10.1. The van der Waals surface area contributed by atoms with E-state index in [0.29, 0.717) is 35.3 Å². The summed E-state index contributed by atoms with van der Waals surface area (Å²) in [4.78, 5) is 25.8. The molecule has 1 aliphatic heterocycles.